The monoisotopic (exact) mass is 379 g/mol. The standard InChI is InChI=1S/C14H15Cl2NO3S2/c1-9(2)8-17(10-4-3-5-11(18)6-10)22(19,20)12-7-13(15)21-14(12)16/h3-7,9,18H,8H2,1-2H3. The molecule has 22 heavy (non-hydrogen) atoms. The molecular weight excluding hydrogens is 365 g/mol. The lowest BCUT2D eigenvalue weighted by Gasteiger charge is -2.26. The van der Waals surface area contributed by atoms with Crippen LogP contribution < -0.4 is 4.31 Å². The smallest absolute Gasteiger partial charge is 0.266 e. The number of hydrogen-bond acceptors (Lipinski definition) is 4. The van der Waals surface area contributed by atoms with E-state index in [0.29, 0.717) is 10.0 Å². The van der Waals surface area contributed by atoms with Gasteiger partial charge in [-0.05, 0) is 24.1 Å². The highest BCUT2D eigenvalue weighted by Gasteiger charge is 2.29. The van der Waals surface area contributed by atoms with Crippen molar-refractivity contribution in [1.29, 1.82) is 0 Å². The van der Waals surface area contributed by atoms with Crippen molar-refractivity contribution in [1.82, 2.24) is 0 Å². The van der Waals surface area contributed by atoms with E-state index in [9.17, 15) is 13.5 Å². The summed E-state index contributed by atoms with van der Waals surface area (Å²) in [4.78, 5) is -0.0202. The zero-order valence-corrected chi connectivity index (χ0v) is 15.1. The molecular formula is C14H15Cl2NO3S2. The van der Waals surface area contributed by atoms with Gasteiger partial charge in [-0.1, -0.05) is 43.1 Å². The summed E-state index contributed by atoms with van der Waals surface area (Å²) in [7, 11) is -3.86. The molecule has 0 radical (unpaired) electrons. The summed E-state index contributed by atoms with van der Waals surface area (Å²) in [5.41, 5.74) is 0.382. The van der Waals surface area contributed by atoms with Gasteiger partial charge in [0.1, 0.15) is 15.0 Å². The number of anilines is 1. The van der Waals surface area contributed by atoms with E-state index in [1.807, 2.05) is 13.8 Å². The molecule has 0 spiro atoms. The SMILES string of the molecule is CC(C)CN(c1cccc(O)c1)S(=O)(=O)c1cc(Cl)sc1Cl. The number of phenolic OH excluding ortho intramolecular Hbond substituents is 1. The number of nitrogens with zero attached hydrogens (tertiary/aromatic N) is 1. The van der Waals surface area contributed by atoms with Gasteiger partial charge in [0.15, 0.2) is 0 Å². The number of benzene rings is 1. The average molecular weight is 380 g/mol. The Kier molecular flexibility index (Phi) is 5.27. The van der Waals surface area contributed by atoms with Crippen molar-refractivity contribution in [3.63, 3.8) is 0 Å². The molecule has 0 atom stereocenters. The first-order chi connectivity index (χ1) is 10.2. The summed E-state index contributed by atoms with van der Waals surface area (Å²) in [6.07, 6.45) is 0. The van der Waals surface area contributed by atoms with Crippen LogP contribution in [0.2, 0.25) is 8.67 Å². The van der Waals surface area contributed by atoms with Gasteiger partial charge >= 0.3 is 0 Å². The van der Waals surface area contributed by atoms with Gasteiger partial charge in [-0.3, -0.25) is 4.31 Å². The molecule has 0 bridgehead atoms. The molecule has 0 saturated carbocycles. The molecule has 0 saturated heterocycles. The zero-order chi connectivity index (χ0) is 16.5. The van der Waals surface area contributed by atoms with E-state index in [4.69, 9.17) is 23.2 Å². The Morgan fingerprint density at radius 1 is 1.27 bits per heavy atom. The van der Waals surface area contributed by atoms with Crippen LogP contribution in [0.1, 0.15) is 13.8 Å². The van der Waals surface area contributed by atoms with Crippen molar-refractivity contribution in [3.05, 3.63) is 39.0 Å². The van der Waals surface area contributed by atoms with Crippen LogP contribution in [0.5, 0.6) is 5.75 Å². The molecule has 0 aliphatic rings. The van der Waals surface area contributed by atoms with Crippen LogP contribution in [0.25, 0.3) is 0 Å². The average Bonchev–Trinajstić information content (AvgIpc) is 2.75. The predicted molar refractivity (Wildman–Crippen MR) is 91.8 cm³/mol. The van der Waals surface area contributed by atoms with Crippen molar-refractivity contribution < 1.29 is 13.5 Å². The molecule has 0 fully saturated rings. The largest absolute Gasteiger partial charge is 0.508 e. The molecule has 120 valence electrons. The molecule has 1 aromatic carbocycles. The number of sulfonamides is 1. The fraction of sp³-hybridized carbons (Fsp3) is 0.286. The fourth-order valence-corrected chi connectivity index (χ4v) is 5.68. The number of rotatable bonds is 5. The number of aromatic hydroxyl groups is 1. The maximum atomic E-state index is 12.9. The summed E-state index contributed by atoms with van der Waals surface area (Å²) in [6.45, 7) is 4.08. The Morgan fingerprint density at radius 3 is 2.45 bits per heavy atom. The van der Waals surface area contributed by atoms with Crippen LogP contribution >= 0.6 is 34.5 Å². The van der Waals surface area contributed by atoms with Crippen LogP contribution in [0.3, 0.4) is 0 Å². The Balaban J connectivity index is 2.56. The number of thiophene rings is 1. The molecule has 2 rings (SSSR count). The Labute approximate surface area is 144 Å². The molecule has 1 aromatic heterocycles. The van der Waals surface area contributed by atoms with Gasteiger partial charge in [0.05, 0.1) is 10.0 Å². The third kappa shape index (κ3) is 3.68. The lowest BCUT2D eigenvalue weighted by atomic mass is 10.2. The van der Waals surface area contributed by atoms with Crippen molar-refractivity contribution in [2.75, 3.05) is 10.8 Å². The van der Waals surface area contributed by atoms with Crippen LogP contribution in [-0.4, -0.2) is 20.1 Å². The minimum Gasteiger partial charge on any atom is -0.508 e. The molecule has 1 heterocycles. The first-order valence-electron chi connectivity index (χ1n) is 6.48. The highest BCUT2D eigenvalue weighted by Crippen LogP contribution is 2.37. The maximum absolute atomic E-state index is 12.9. The van der Waals surface area contributed by atoms with Crippen molar-refractivity contribution in [3.8, 4) is 5.75 Å². The molecule has 0 aliphatic carbocycles. The van der Waals surface area contributed by atoms with E-state index in [1.54, 1.807) is 12.1 Å². The summed E-state index contributed by atoms with van der Waals surface area (Å²) in [5.74, 6) is 0.0842. The van der Waals surface area contributed by atoms with Crippen LogP contribution in [0.4, 0.5) is 5.69 Å². The molecule has 0 aliphatic heterocycles. The summed E-state index contributed by atoms with van der Waals surface area (Å²) in [5, 5.41) is 9.62. The highest BCUT2D eigenvalue weighted by atomic mass is 35.5. The molecule has 8 heteroatoms. The second-order valence-electron chi connectivity index (χ2n) is 5.14. The van der Waals surface area contributed by atoms with Crippen molar-refractivity contribution in [2.24, 2.45) is 5.92 Å². The van der Waals surface area contributed by atoms with Gasteiger partial charge in [-0.25, -0.2) is 8.42 Å². The van der Waals surface area contributed by atoms with Gasteiger partial charge in [-0.15, -0.1) is 11.3 Å². The van der Waals surface area contributed by atoms with E-state index in [-0.39, 0.29) is 27.4 Å². The minimum atomic E-state index is -3.86. The third-order valence-electron chi connectivity index (χ3n) is 2.84. The van der Waals surface area contributed by atoms with E-state index in [1.165, 1.54) is 22.5 Å². The number of phenols is 1. The number of hydrogen-bond donors (Lipinski definition) is 1. The van der Waals surface area contributed by atoms with Crippen LogP contribution in [0.15, 0.2) is 35.2 Å². The lowest BCUT2D eigenvalue weighted by Crippen LogP contribution is -2.34. The maximum Gasteiger partial charge on any atom is 0.266 e. The Hall–Kier alpha value is -0.950. The zero-order valence-electron chi connectivity index (χ0n) is 12.0. The highest BCUT2D eigenvalue weighted by molar-refractivity contribution is 7.93. The third-order valence-corrected chi connectivity index (χ3v) is 6.39. The minimum absolute atomic E-state index is 0.00379. The predicted octanol–water partition coefficient (Wildman–Crippen LogP) is 4.61. The van der Waals surface area contributed by atoms with E-state index >= 15 is 0 Å². The summed E-state index contributed by atoms with van der Waals surface area (Å²) in [6, 6.07) is 7.46. The van der Waals surface area contributed by atoms with Crippen molar-refractivity contribution in [2.45, 2.75) is 18.7 Å². The van der Waals surface area contributed by atoms with Gasteiger partial charge in [0.25, 0.3) is 10.0 Å². The fourth-order valence-electron chi connectivity index (χ4n) is 1.94. The molecule has 0 unspecified atom stereocenters. The van der Waals surface area contributed by atoms with Gasteiger partial charge in [0.2, 0.25) is 0 Å². The van der Waals surface area contributed by atoms with Crippen LogP contribution in [-0.2, 0) is 10.0 Å². The Bertz CT molecular complexity index is 772. The summed E-state index contributed by atoms with van der Waals surface area (Å²) < 4.78 is 27.5. The van der Waals surface area contributed by atoms with Crippen molar-refractivity contribution >= 4 is 50.2 Å². The van der Waals surface area contributed by atoms with E-state index in [2.05, 4.69) is 0 Å². The number of halogens is 2. The van der Waals surface area contributed by atoms with Gasteiger partial charge in [0, 0.05) is 12.6 Å². The molecule has 0 amide bonds. The summed E-state index contributed by atoms with van der Waals surface area (Å²) >= 11 is 12.9. The van der Waals surface area contributed by atoms with E-state index in [0.717, 1.165) is 11.3 Å². The van der Waals surface area contributed by atoms with Gasteiger partial charge in [-0.2, -0.15) is 0 Å². The van der Waals surface area contributed by atoms with Gasteiger partial charge < -0.3 is 5.11 Å². The first-order valence-corrected chi connectivity index (χ1v) is 9.49. The quantitative estimate of drug-likeness (QED) is 0.824. The molecule has 4 nitrogen and oxygen atoms in total. The topological polar surface area (TPSA) is 57.6 Å². The lowest BCUT2D eigenvalue weighted by molar-refractivity contribution is 0.475. The molecule has 1 N–H and O–H groups in total. The Morgan fingerprint density at radius 2 is 1.95 bits per heavy atom. The second-order valence-corrected chi connectivity index (χ2v) is 9.25. The first kappa shape index (κ1) is 17.4. The van der Waals surface area contributed by atoms with Crippen LogP contribution in [0, 0.1) is 5.92 Å². The second kappa shape index (κ2) is 6.66. The molecule has 2 aromatic rings. The normalized spacial score (nSPS) is 11.9. The van der Waals surface area contributed by atoms with E-state index < -0.39 is 10.0 Å².